The number of hydrogen-bond acceptors (Lipinski definition) is 5. The van der Waals surface area contributed by atoms with Gasteiger partial charge in [-0.05, 0) is 19.1 Å². The monoisotopic (exact) mass is 252 g/mol. The second kappa shape index (κ2) is 5.32. The van der Waals surface area contributed by atoms with Crippen molar-refractivity contribution in [3.8, 4) is 0 Å². The highest BCUT2D eigenvalue weighted by atomic mass is 16.5. The van der Waals surface area contributed by atoms with E-state index in [0.717, 1.165) is 0 Å². The number of aliphatic hydroxyl groups is 1. The standard InChI is InChI=1S/C12H16N2O4/c1-8-5-14(6-9(7-15)18-8)11-4-2-3-10(13-11)12(16)17/h2-4,8-9,15H,5-7H2,1H3,(H,16,17). The van der Waals surface area contributed by atoms with Gasteiger partial charge in [0.15, 0.2) is 5.69 Å². The van der Waals surface area contributed by atoms with Gasteiger partial charge in [0.25, 0.3) is 0 Å². The molecule has 1 saturated heterocycles. The minimum Gasteiger partial charge on any atom is -0.477 e. The third kappa shape index (κ3) is 2.77. The fraction of sp³-hybridized carbons (Fsp3) is 0.500. The molecule has 1 aromatic rings. The van der Waals surface area contributed by atoms with Crippen molar-refractivity contribution < 1.29 is 19.7 Å². The largest absolute Gasteiger partial charge is 0.477 e. The Morgan fingerprint density at radius 2 is 2.33 bits per heavy atom. The molecule has 2 rings (SSSR count). The van der Waals surface area contributed by atoms with E-state index in [9.17, 15) is 4.79 Å². The molecule has 6 heteroatoms. The van der Waals surface area contributed by atoms with E-state index in [1.807, 2.05) is 11.8 Å². The molecule has 2 heterocycles. The molecule has 1 aliphatic heterocycles. The second-order valence-corrected chi connectivity index (χ2v) is 4.34. The van der Waals surface area contributed by atoms with E-state index in [1.165, 1.54) is 6.07 Å². The Morgan fingerprint density at radius 3 is 3.00 bits per heavy atom. The van der Waals surface area contributed by atoms with Gasteiger partial charge in [0, 0.05) is 13.1 Å². The Bertz CT molecular complexity index is 438. The molecule has 6 nitrogen and oxygen atoms in total. The maximum atomic E-state index is 10.9. The molecule has 1 aromatic heterocycles. The van der Waals surface area contributed by atoms with Crippen LogP contribution in [0.1, 0.15) is 17.4 Å². The molecule has 1 fully saturated rings. The number of carbonyl (C=O) groups is 1. The minimum atomic E-state index is -1.04. The van der Waals surface area contributed by atoms with Gasteiger partial charge in [-0.25, -0.2) is 9.78 Å². The van der Waals surface area contributed by atoms with Gasteiger partial charge in [-0.1, -0.05) is 6.07 Å². The van der Waals surface area contributed by atoms with E-state index >= 15 is 0 Å². The molecule has 0 bridgehead atoms. The van der Waals surface area contributed by atoms with Crippen LogP contribution in [0.25, 0.3) is 0 Å². The molecular weight excluding hydrogens is 236 g/mol. The summed E-state index contributed by atoms with van der Waals surface area (Å²) in [4.78, 5) is 16.9. The van der Waals surface area contributed by atoms with E-state index < -0.39 is 5.97 Å². The van der Waals surface area contributed by atoms with Crippen molar-refractivity contribution in [2.45, 2.75) is 19.1 Å². The van der Waals surface area contributed by atoms with Crippen LogP contribution in [-0.4, -0.2) is 53.1 Å². The number of carboxylic acids is 1. The van der Waals surface area contributed by atoms with E-state index in [4.69, 9.17) is 14.9 Å². The summed E-state index contributed by atoms with van der Waals surface area (Å²) in [7, 11) is 0. The molecule has 0 aliphatic carbocycles. The van der Waals surface area contributed by atoms with Crippen molar-refractivity contribution in [1.29, 1.82) is 0 Å². The lowest BCUT2D eigenvalue weighted by molar-refractivity contribution is -0.0423. The van der Waals surface area contributed by atoms with Gasteiger partial charge in [-0.15, -0.1) is 0 Å². The predicted molar refractivity (Wildman–Crippen MR) is 64.8 cm³/mol. The van der Waals surface area contributed by atoms with Crippen molar-refractivity contribution in [2.24, 2.45) is 0 Å². The molecule has 0 aromatic carbocycles. The molecule has 0 spiro atoms. The average Bonchev–Trinajstić information content (AvgIpc) is 2.38. The van der Waals surface area contributed by atoms with Gasteiger partial charge in [0.2, 0.25) is 0 Å². The average molecular weight is 252 g/mol. The van der Waals surface area contributed by atoms with Gasteiger partial charge in [-0.3, -0.25) is 0 Å². The number of rotatable bonds is 3. The van der Waals surface area contributed by atoms with Crippen molar-refractivity contribution in [2.75, 3.05) is 24.6 Å². The van der Waals surface area contributed by atoms with Gasteiger partial charge in [0.1, 0.15) is 5.82 Å². The van der Waals surface area contributed by atoms with Crippen molar-refractivity contribution in [3.05, 3.63) is 23.9 Å². The van der Waals surface area contributed by atoms with Crippen LogP contribution < -0.4 is 4.90 Å². The first kappa shape index (κ1) is 12.8. The Kier molecular flexibility index (Phi) is 3.78. The van der Waals surface area contributed by atoms with E-state index in [0.29, 0.717) is 18.9 Å². The lowest BCUT2D eigenvalue weighted by atomic mass is 10.2. The smallest absolute Gasteiger partial charge is 0.354 e. The fourth-order valence-corrected chi connectivity index (χ4v) is 2.05. The third-order valence-electron chi connectivity index (χ3n) is 2.81. The van der Waals surface area contributed by atoms with Gasteiger partial charge in [-0.2, -0.15) is 0 Å². The summed E-state index contributed by atoms with van der Waals surface area (Å²) in [5.41, 5.74) is 0.0205. The highest BCUT2D eigenvalue weighted by Crippen LogP contribution is 2.18. The number of aromatic nitrogens is 1. The van der Waals surface area contributed by atoms with Gasteiger partial charge >= 0.3 is 5.97 Å². The normalized spacial score (nSPS) is 24.0. The van der Waals surface area contributed by atoms with E-state index in [-0.39, 0.29) is 24.5 Å². The maximum absolute atomic E-state index is 10.9. The molecule has 0 saturated carbocycles. The summed E-state index contributed by atoms with van der Waals surface area (Å²) in [5.74, 6) is -0.444. The number of morpholine rings is 1. The lowest BCUT2D eigenvalue weighted by Gasteiger charge is -2.36. The number of pyridine rings is 1. The Balaban J connectivity index is 2.19. The SMILES string of the molecule is CC1CN(c2cccc(C(=O)O)n2)CC(CO)O1. The summed E-state index contributed by atoms with van der Waals surface area (Å²) >= 11 is 0. The van der Waals surface area contributed by atoms with Crippen LogP contribution in [0, 0.1) is 0 Å². The van der Waals surface area contributed by atoms with Gasteiger partial charge < -0.3 is 19.8 Å². The quantitative estimate of drug-likeness (QED) is 0.808. The molecule has 2 atom stereocenters. The van der Waals surface area contributed by atoms with Crippen molar-refractivity contribution in [3.63, 3.8) is 0 Å². The Labute approximate surface area is 105 Å². The first-order valence-electron chi connectivity index (χ1n) is 5.81. The number of hydrogen-bond donors (Lipinski definition) is 2. The molecule has 1 aliphatic rings. The number of aromatic carboxylic acids is 1. The molecule has 98 valence electrons. The van der Waals surface area contributed by atoms with Crippen molar-refractivity contribution >= 4 is 11.8 Å². The molecule has 2 N–H and O–H groups in total. The Hall–Kier alpha value is -1.66. The van der Waals surface area contributed by atoms with Crippen LogP contribution in [0.5, 0.6) is 0 Å². The van der Waals surface area contributed by atoms with Gasteiger partial charge in [0.05, 0.1) is 18.8 Å². The highest BCUT2D eigenvalue weighted by Gasteiger charge is 2.25. The minimum absolute atomic E-state index is 0.0205. The van der Waals surface area contributed by atoms with Crippen LogP contribution in [-0.2, 0) is 4.74 Å². The predicted octanol–water partition coefficient (Wildman–Crippen LogP) is 0.366. The Morgan fingerprint density at radius 1 is 1.56 bits per heavy atom. The molecule has 2 unspecified atom stereocenters. The van der Waals surface area contributed by atoms with E-state index in [2.05, 4.69) is 4.98 Å². The zero-order valence-corrected chi connectivity index (χ0v) is 10.1. The zero-order valence-electron chi connectivity index (χ0n) is 10.1. The number of carboxylic acid groups (broad SMARTS) is 1. The third-order valence-corrected chi connectivity index (χ3v) is 2.81. The lowest BCUT2D eigenvalue weighted by Crippen LogP contribution is -2.48. The van der Waals surface area contributed by atoms with Crippen LogP contribution in [0.4, 0.5) is 5.82 Å². The molecule has 0 radical (unpaired) electrons. The summed E-state index contributed by atoms with van der Waals surface area (Å²) in [6.07, 6.45) is -0.282. The van der Waals surface area contributed by atoms with Crippen LogP contribution >= 0.6 is 0 Å². The van der Waals surface area contributed by atoms with Crippen LogP contribution in [0.2, 0.25) is 0 Å². The topological polar surface area (TPSA) is 82.9 Å². The van der Waals surface area contributed by atoms with E-state index in [1.54, 1.807) is 12.1 Å². The molecule has 0 amide bonds. The second-order valence-electron chi connectivity index (χ2n) is 4.34. The maximum Gasteiger partial charge on any atom is 0.354 e. The van der Waals surface area contributed by atoms with Crippen molar-refractivity contribution in [1.82, 2.24) is 4.98 Å². The first-order chi connectivity index (χ1) is 8.60. The summed E-state index contributed by atoms with van der Waals surface area (Å²) in [6.45, 7) is 3.00. The molecule has 18 heavy (non-hydrogen) atoms. The fourth-order valence-electron chi connectivity index (χ4n) is 2.05. The summed E-state index contributed by atoms with van der Waals surface area (Å²) in [5, 5.41) is 18.1. The summed E-state index contributed by atoms with van der Waals surface area (Å²) < 4.78 is 5.53. The number of nitrogens with zero attached hydrogens (tertiary/aromatic N) is 2. The van der Waals surface area contributed by atoms with Crippen LogP contribution in [0.15, 0.2) is 18.2 Å². The zero-order chi connectivity index (χ0) is 13.1. The number of anilines is 1. The van der Waals surface area contributed by atoms with Crippen LogP contribution in [0.3, 0.4) is 0 Å². The number of ether oxygens (including phenoxy) is 1. The highest BCUT2D eigenvalue weighted by molar-refractivity contribution is 5.85. The molecular formula is C12H16N2O4. The number of aliphatic hydroxyl groups excluding tert-OH is 1. The first-order valence-corrected chi connectivity index (χ1v) is 5.81. The summed E-state index contributed by atoms with van der Waals surface area (Å²) in [6, 6.07) is 4.89.